The van der Waals surface area contributed by atoms with Gasteiger partial charge in [0, 0.05) is 0 Å². The van der Waals surface area contributed by atoms with E-state index in [1.807, 2.05) is 0 Å². The van der Waals surface area contributed by atoms with Crippen molar-refractivity contribution in [2.75, 3.05) is 6.61 Å². The topological polar surface area (TPSA) is 26.3 Å². The first kappa shape index (κ1) is 20.2. The number of hydrogen-bond donors (Lipinski definition) is 0. The zero-order valence-electron chi connectivity index (χ0n) is 11.5. The Morgan fingerprint density at radius 1 is 0.900 bits per heavy atom. The summed E-state index contributed by atoms with van der Waals surface area (Å²) in [6, 6.07) is 0. The maximum atomic E-state index is 13.2. The van der Waals surface area contributed by atoms with Crippen molar-refractivity contribution < 1.29 is 28.1 Å². The van der Waals surface area contributed by atoms with Crippen LogP contribution in [0.1, 0.15) is 45.4 Å². The molecule has 0 aliphatic heterocycles. The van der Waals surface area contributed by atoms with Crippen LogP contribution in [0, 0.1) is 0 Å². The van der Waals surface area contributed by atoms with Crippen molar-refractivity contribution in [2.24, 2.45) is 0 Å². The molecule has 0 bridgehead atoms. The standard InChI is InChI=1S/C8H17O.C4H4F5.O.Sn/c1-2-3-4-5-6-7-8-9;5-1-2(6)3(7)4(8)9;;/h2-8H2,1H3;1-4H;;/q-1;;;+1. The molecule has 0 radical (unpaired) electrons. The zero-order valence-corrected chi connectivity index (χ0v) is 14.3. The predicted octanol–water partition coefficient (Wildman–Crippen LogP) is 4.10. The van der Waals surface area contributed by atoms with Crippen LogP contribution in [0.2, 0.25) is 0 Å². The first-order valence-electron chi connectivity index (χ1n) is 6.78. The molecule has 0 aromatic rings. The molecule has 0 spiro atoms. The van der Waals surface area contributed by atoms with Gasteiger partial charge in [0.25, 0.3) is 0 Å². The number of unbranched alkanes of at least 4 members (excludes halogenated alkanes) is 5. The van der Waals surface area contributed by atoms with E-state index in [2.05, 4.69) is 10.00 Å². The van der Waals surface area contributed by atoms with E-state index < -0.39 is 43.1 Å². The molecular weight excluding hydrogens is 390 g/mol. The van der Waals surface area contributed by atoms with Crippen LogP contribution in [0.3, 0.4) is 0 Å². The molecule has 8 heteroatoms. The van der Waals surface area contributed by atoms with Gasteiger partial charge in [0.05, 0.1) is 0 Å². The summed E-state index contributed by atoms with van der Waals surface area (Å²) in [5, 5.41) is 0. The minimum atomic E-state index is -4.47. The van der Waals surface area contributed by atoms with Gasteiger partial charge in [-0.25, -0.2) is 0 Å². The molecule has 0 aromatic heterocycles. The van der Waals surface area contributed by atoms with Crippen molar-refractivity contribution >= 4 is 20.2 Å². The van der Waals surface area contributed by atoms with Gasteiger partial charge in [-0.2, -0.15) is 0 Å². The predicted molar refractivity (Wildman–Crippen MR) is 66.5 cm³/mol. The molecule has 0 N–H and O–H groups in total. The van der Waals surface area contributed by atoms with E-state index in [-0.39, 0.29) is 6.61 Å². The second-order valence-corrected chi connectivity index (χ2v) is 8.78. The Kier molecular flexibility index (Phi) is 11.9. The summed E-state index contributed by atoms with van der Waals surface area (Å²) in [6.45, 7) is 2.08. The molecule has 120 valence electrons. The summed E-state index contributed by atoms with van der Waals surface area (Å²) < 4.78 is 75.6. The third kappa shape index (κ3) is 8.49. The Balaban J connectivity index is 3.80. The third-order valence-electron chi connectivity index (χ3n) is 2.79. The second kappa shape index (κ2) is 11.8. The minimum absolute atomic E-state index is 0.00314. The summed E-state index contributed by atoms with van der Waals surface area (Å²) in [5.41, 5.74) is 0. The fourth-order valence-electron chi connectivity index (χ4n) is 1.57. The molecule has 0 fully saturated rings. The quantitative estimate of drug-likeness (QED) is 0.275. The Bertz CT molecular complexity index is 268. The van der Waals surface area contributed by atoms with E-state index in [9.17, 15) is 25.0 Å². The van der Waals surface area contributed by atoms with Gasteiger partial charge in [-0.05, 0) is 0 Å². The first-order valence-corrected chi connectivity index (χ1v) is 10.8. The van der Waals surface area contributed by atoms with Crippen LogP contribution < -0.4 is 0 Å². The van der Waals surface area contributed by atoms with Crippen LogP contribution in [0.5, 0.6) is 0 Å². The molecule has 0 aliphatic rings. The van der Waals surface area contributed by atoms with Crippen LogP contribution >= 0.6 is 0 Å². The Hall–Kier alpha value is 0.209. The van der Waals surface area contributed by atoms with Crippen molar-refractivity contribution in [3.05, 3.63) is 0 Å². The van der Waals surface area contributed by atoms with Gasteiger partial charge in [-0.3, -0.25) is 0 Å². The summed E-state index contributed by atoms with van der Waals surface area (Å²) in [5.74, 6) is 0. The van der Waals surface area contributed by atoms with Crippen molar-refractivity contribution in [3.8, 4) is 0 Å². The molecule has 0 saturated heterocycles. The number of halogens is 5. The van der Waals surface area contributed by atoms with Gasteiger partial charge in [0.2, 0.25) is 0 Å². The maximum absolute atomic E-state index is 13.2. The van der Waals surface area contributed by atoms with Gasteiger partial charge in [0.1, 0.15) is 0 Å². The van der Waals surface area contributed by atoms with Crippen LogP contribution in [0.25, 0.3) is 0 Å². The van der Waals surface area contributed by atoms with Crippen molar-refractivity contribution in [3.63, 3.8) is 0 Å². The summed E-state index contributed by atoms with van der Waals surface area (Å²) in [7, 11) is 0. The molecule has 0 aliphatic carbocycles. The van der Waals surface area contributed by atoms with Gasteiger partial charge in [0.15, 0.2) is 0 Å². The van der Waals surface area contributed by atoms with E-state index in [1.165, 1.54) is 0 Å². The average Bonchev–Trinajstić information content (AvgIpc) is 2.43. The average molecular weight is 411 g/mol. The second-order valence-electron chi connectivity index (χ2n) is 4.56. The molecule has 0 aromatic carbocycles. The third-order valence-corrected chi connectivity index (χ3v) is 6.38. The number of hydrogen-bond acceptors (Lipinski definition) is 2. The first-order chi connectivity index (χ1) is 9.41. The molecule has 0 saturated carbocycles. The van der Waals surface area contributed by atoms with Gasteiger partial charge in [-0.1, -0.05) is 0 Å². The van der Waals surface area contributed by atoms with Gasteiger partial charge in [-0.15, -0.1) is 0 Å². The fourth-order valence-corrected chi connectivity index (χ4v) is 4.27. The Morgan fingerprint density at radius 2 is 1.45 bits per heavy atom. The van der Waals surface area contributed by atoms with Crippen molar-refractivity contribution in [1.29, 1.82) is 0 Å². The zero-order chi connectivity index (χ0) is 15.5. The van der Waals surface area contributed by atoms with Crippen LogP contribution in [0.15, 0.2) is 0 Å². The molecule has 2 nitrogen and oxygen atoms in total. The molecule has 3 atom stereocenters. The van der Waals surface area contributed by atoms with Gasteiger partial charge >= 0.3 is 123 Å². The van der Waals surface area contributed by atoms with Crippen LogP contribution in [0.4, 0.5) is 22.0 Å². The molecule has 0 heterocycles. The summed E-state index contributed by atoms with van der Waals surface area (Å²) in [4.78, 5) is 0. The van der Waals surface area contributed by atoms with E-state index in [0.29, 0.717) is 6.42 Å². The summed E-state index contributed by atoms with van der Waals surface area (Å²) >= 11 is -4.47. The Morgan fingerprint density at radius 3 is 2.00 bits per heavy atom. The van der Waals surface area contributed by atoms with E-state index in [1.54, 1.807) is 0 Å². The van der Waals surface area contributed by atoms with Crippen LogP contribution in [-0.2, 0) is 6.15 Å². The van der Waals surface area contributed by atoms with E-state index in [4.69, 9.17) is 0 Å². The summed E-state index contributed by atoms with van der Waals surface area (Å²) in [6.07, 6.45) is -4.34. The van der Waals surface area contributed by atoms with Crippen LogP contribution in [-0.4, -0.2) is 49.7 Å². The van der Waals surface area contributed by atoms with Crippen molar-refractivity contribution in [2.45, 2.75) is 68.4 Å². The Labute approximate surface area is 123 Å². The van der Waals surface area contributed by atoms with E-state index >= 15 is 0 Å². The molecular formula is C12H21F5O2Sn. The fraction of sp³-hybridized carbons (Fsp3) is 1.00. The monoisotopic (exact) mass is 412 g/mol. The SMILES string of the molecule is CCCCCCCC[O][Sn](=[O])[CH](F)C(F)C(F)C(F)F. The molecule has 0 amide bonds. The number of alkyl halides is 5. The van der Waals surface area contributed by atoms with E-state index in [0.717, 1.165) is 32.1 Å². The normalized spacial score (nSPS) is 16.1. The van der Waals surface area contributed by atoms with Crippen molar-refractivity contribution in [1.82, 2.24) is 0 Å². The molecule has 0 rings (SSSR count). The number of rotatable bonds is 12. The molecule has 3 unspecified atom stereocenters. The molecule has 20 heavy (non-hydrogen) atoms. The van der Waals surface area contributed by atoms with Gasteiger partial charge < -0.3 is 0 Å².